The topological polar surface area (TPSA) is 59.4 Å². The van der Waals surface area contributed by atoms with Gasteiger partial charge in [0.15, 0.2) is 0 Å². The van der Waals surface area contributed by atoms with E-state index in [9.17, 15) is 4.79 Å². The molecule has 2 aromatic rings. The minimum atomic E-state index is -0.307. The van der Waals surface area contributed by atoms with Crippen LogP contribution in [-0.2, 0) is 18.3 Å². The molecule has 0 radical (unpaired) electrons. The highest BCUT2D eigenvalue weighted by Crippen LogP contribution is 2.33. The van der Waals surface area contributed by atoms with Crippen molar-refractivity contribution in [2.75, 3.05) is 14.2 Å². The van der Waals surface area contributed by atoms with Crippen LogP contribution in [0.15, 0.2) is 18.2 Å². The average Bonchev–Trinajstić information content (AvgIpc) is 2.96. The highest BCUT2D eigenvalue weighted by molar-refractivity contribution is 6.04. The maximum Gasteiger partial charge on any atom is 0.338 e. The van der Waals surface area contributed by atoms with Gasteiger partial charge in [0, 0.05) is 37.1 Å². The average molecular weight is 356 g/mol. The number of esters is 1. The quantitative estimate of drug-likeness (QED) is 0.853. The van der Waals surface area contributed by atoms with E-state index in [4.69, 9.17) is 4.74 Å². The Morgan fingerprint density at radius 1 is 1.27 bits per heavy atom. The van der Waals surface area contributed by atoms with E-state index in [1.165, 1.54) is 39.2 Å². The molecular weight excluding hydrogens is 328 g/mol. The van der Waals surface area contributed by atoms with Crippen LogP contribution in [-0.4, -0.2) is 52.9 Å². The van der Waals surface area contributed by atoms with E-state index in [1.807, 2.05) is 29.9 Å². The van der Waals surface area contributed by atoms with Crippen molar-refractivity contribution in [1.82, 2.24) is 20.0 Å². The SMILES string of the molecule is COC(=O)c1cccc2c1c(CNC1CC3CCCC(C1)N3C)nn2C. The fraction of sp³-hybridized carbons (Fsp3) is 0.600. The normalized spacial score (nSPS) is 26.2. The summed E-state index contributed by atoms with van der Waals surface area (Å²) in [5.74, 6) is -0.307. The van der Waals surface area contributed by atoms with Crippen molar-refractivity contribution in [2.24, 2.45) is 7.05 Å². The van der Waals surface area contributed by atoms with Gasteiger partial charge in [-0.1, -0.05) is 12.5 Å². The molecule has 2 unspecified atom stereocenters. The van der Waals surface area contributed by atoms with Crippen LogP contribution >= 0.6 is 0 Å². The molecule has 2 saturated heterocycles. The Bertz CT molecular complexity index is 801. The molecule has 0 spiro atoms. The second kappa shape index (κ2) is 7.00. The summed E-state index contributed by atoms with van der Waals surface area (Å²) in [5, 5.41) is 9.30. The predicted molar refractivity (Wildman–Crippen MR) is 101 cm³/mol. The lowest BCUT2D eigenvalue weighted by Crippen LogP contribution is -2.54. The first kappa shape index (κ1) is 17.5. The minimum absolute atomic E-state index is 0.307. The fourth-order valence-corrected chi connectivity index (χ4v) is 4.83. The second-order valence-corrected chi connectivity index (χ2v) is 7.71. The van der Waals surface area contributed by atoms with Gasteiger partial charge in [0.1, 0.15) is 0 Å². The zero-order chi connectivity index (χ0) is 18.3. The molecule has 0 aliphatic carbocycles. The van der Waals surface area contributed by atoms with Gasteiger partial charge in [-0.25, -0.2) is 4.79 Å². The molecule has 2 fully saturated rings. The molecule has 6 nitrogen and oxygen atoms in total. The number of aryl methyl sites for hydroxylation is 1. The number of fused-ring (bicyclic) bond motifs is 3. The molecule has 2 bridgehead atoms. The molecule has 1 N–H and O–H groups in total. The fourth-order valence-electron chi connectivity index (χ4n) is 4.83. The maximum absolute atomic E-state index is 12.2. The van der Waals surface area contributed by atoms with E-state index < -0.39 is 0 Å². The Hall–Kier alpha value is -1.92. The molecule has 3 heterocycles. The number of aromatic nitrogens is 2. The van der Waals surface area contributed by atoms with Crippen molar-refractivity contribution in [3.05, 3.63) is 29.5 Å². The zero-order valence-electron chi connectivity index (χ0n) is 15.9. The highest BCUT2D eigenvalue weighted by Gasteiger charge is 2.35. The van der Waals surface area contributed by atoms with Crippen molar-refractivity contribution in [3.63, 3.8) is 0 Å². The molecule has 0 amide bonds. The third-order valence-corrected chi connectivity index (χ3v) is 6.25. The standard InChI is InChI=1S/C20H28N4O2/c1-23-14-6-4-7-15(23)11-13(10-14)21-12-17-19-16(20(25)26-3)8-5-9-18(19)24(2)22-17/h5,8-9,13-15,21H,4,6-7,10-12H2,1-3H3. The lowest BCUT2D eigenvalue weighted by Gasteiger charge is -2.47. The predicted octanol–water partition coefficient (Wildman–Crippen LogP) is 2.46. The van der Waals surface area contributed by atoms with Gasteiger partial charge < -0.3 is 15.0 Å². The summed E-state index contributed by atoms with van der Waals surface area (Å²) >= 11 is 0. The number of benzene rings is 1. The highest BCUT2D eigenvalue weighted by atomic mass is 16.5. The largest absolute Gasteiger partial charge is 0.465 e. The number of nitrogens with one attached hydrogen (secondary N) is 1. The van der Waals surface area contributed by atoms with E-state index in [1.54, 1.807) is 0 Å². The molecular formula is C20H28N4O2. The number of hydrogen-bond donors (Lipinski definition) is 1. The van der Waals surface area contributed by atoms with Gasteiger partial charge in [0.2, 0.25) is 0 Å². The van der Waals surface area contributed by atoms with Crippen molar-refractivity contribution in [1.29, 1.82) is 0 Å². The molecule has 26 heavy (non-hydrogen) atoms. The smallest absolute Gasteiger partial charge is 0.338 e. The Kier molecular flexibility index (Phi) is 4.71. The van der Waals surface area contributed by atoms with Crippen molar-refractivity contribution in [3.8, 4) is 0 Å². The third-order valence-electron chi connectivity index (χ3n) is 6.25. The van der Waals surface area contributed by atoms with E-state index in [2.05, 4.69) is 22.4 Å². The molecule has 4 rings (SSSR count). The molecule has 2 aliphatic rings. The Morgan fingerprint density at radius 2 is 2.00 bits per heavy atom. The second-order valence-electron chi connectivity index (χ2n) is 7.71. The first-order valence-corrected chi connectivity index (χ1v) is 9.56. The van der Waals surface area contributed by atoms with E-state index >= 15 is 0 Å². The first-order valence-electron chi connectivity index (χ1n) is 9.56. The molecule has 140 valence electrons. The van der Waals surface area contributed by atoms with Gasteiger partial charge in [0.05, 0.1) is 23.9 Å². The summed E-state index contributed by atoms with van der Waals surface area (Å²) in [6.07, 6.45) is 6.37. The van der Waals surface area contributed by atoms with E-state index in [0.29, 0.717) is 30.2 Å². The van der Waals surface area contributed by atoms with Crippen LogP contribution in [0, 0.1) is 0 Å². The Morgan fingerprint density at radius 3 is 2.69 bits per heavy atom. The Labute approximate surface area is 154 Å². The molecule has 0 saturated carbocycles. The first-order chi connectivity index (χ1) is 12.6. The van der Waals surface area contributed by atoms with Gasteiger partial charge in [-0.05, 0) is 44.9 Å². The maximum atomic E-state index is 12.2. The molecule has 6 heteroatoms. The van der Waals surface area contributed by atoms with Crippen LogP contribution in [0.3, 0.4) is 0 Å². The minimum Gasteiger partial charge on any atom is -0.465 e. The van der Waals surface area contributed by atoms with Crippen molar-refractivity contribution in [2.45, 2.75) is 56.8 Å². The molecule has 2 aliphatic heterocycles. The van der Waals surface area contributed by atoms with Crippen molar-refractivity contribution < 1.29 is 9.53 Å². The number of piperidine rings is 2. The van der Waals surface area contributed by atoms with Crippen molar-refractivity contribution >= 4 is 16.9 Å². The number of nitrogens with zero attached hydrogens (tertiary/aromatic N) is 3. The van der Waals surface area contributed by atoms with Crippen LogP contribution in [0.2, 0.25) is 0 Å². The summed E-state index contributed by atoms with van der Waals surface area (Å²) in [4.78, 5) is 14.8. The van der Waals surface area contributed by atoms with E-state index in [0.717, 1.165) is 16.6 Å². The number of rotatable bonds is 4. The number of hydrogen-bond acceptors (Lipinski definition) is 5. The third kappa shape index (κ3) is 3.01. The van der Waals surface area contributed by atoms with Gasteiger partial charge in [0.25, 0.3) is 0 Å². The van der Waals surface area contributed by atoms with Crippen LogP contribution in [0.5, 0.6) is 0 Å². The lowest BCUT2D eigenvalue weighted by atomic mass is 9.82. The molecule has 1 aromatic heterocycles. The Balaban J connectivity index is 1.55. The van der Waals surface area contributed by atoms with Crippen LogP contribution in [0.1, 0.15) is 48.2 Å². The zero-order valence-corrected chi connectivity index (χ0v) is 15.9. The summed E-state index contributed by atoms with van der Waals surface area (Å²) in [6, 6.07) is 7.62. The molecule has 2 atom stereocenters. The molecule has 1 aromatic carbocycles. The number of ether oxygens (including phenoxy) is 1. The van der Waals surface area contributed by atoms with Gasteiger partial charge in [-0.2, -0.15) is 5.10 Å². The van der Waals surface area contributed by atoms with Crippen LogP contribution < -0.4 is 5.32 Å². The van der Waals surface area contributed by atoms with Gasteiger partial charge >= 0.3 is 5.97 Å². The lowest BCUT2D eigenvalue weighted by molar-refractivity contribution is 0.0482. The number of carbonyl (C=O) groups is 1. The van der Waals surface area contributed by atoms with Crippen LogP contribution in [0.4, 0.5) is 0 Å². The summed E-state index contributed by atoms with van der Waals surface area (Å²) in [7, 11) is 5.62. The summed E-state index contributed by atoms with van der Waals surface area (Å²) < 4.78 is 6.81. The monoisotopic (exact) mass is 356 g/mol. The van der Waals surface area contributed by atoms with Gasteiger partial charge in [-0.3, -0.25) is 4.68 Å². The summed E-state index contributed by atoms with van der Waals surface area (Å²) in [6.45, 7) is 0.680. The number of methoxy groups -OCH3 is 1. The summed E-state index contributed by atoms with van der Waals surface area (Å²) in [5.41, 5.74) is 2.48. The van der Waals surface area contributed by atoms with Crippen LogP contribution in [0.25, 0.3) is 10.9 Å². The number of carbonyl (C=O) groups excluding carboxylic acids is 1. The van der Waals surface area contributed by atoms with Gasteiger partial charge in [-0.15, -0.1) is 0 Å². The van der Waals surface area contributed by atoms with E-state index in [-0.39, 0.29) is 5.97 Å².